The summed E-state index contributed by atoms with van der Waals surface area (Å²) in [6.45, 7) is 5.04. The van der Waals surface area contributed by atoms with Gasteiger partial charge < -0.3 is 5.32 Å². The smallest absolute Gasteiger partial charge is 0.273 e. The van der Waals surface area contributed by atoms with Crippen LogP contribution in [0.3, 0.4) is 0 Å². The predicted octanol–water partition coefficient (Wildman–Crippen LogP) is 5.79. The summed E-state index contributed by atoms with van der Waals surface area (Å²) < 4.78 is 28.1. The molecule has 2 heterocycles. The van der Waals surface area contributed by atoms with E-state index < -0.39 is 23.7 Å². The maximum Gasteiger partial charge on any atom is 0.273 e. The number of rotatable bonds is 7. The summed E-state index contributed by atoms with van der Waals surface area (Å²) in [5.74, 6) is -5.29. The molecule has 1 aliphatic heterocycles. The number of nitrogens with zero attached hydrogens (tertiary/aromatic N) is 3. The molecule has 4 rings (SSSR count). The average molecular weight is 477 g/mol. The Kier molecular flexibility index (Phi) is 6.73. The van der Waals surface area contributed by atoms with Gasteiger partial charge >= 0.3 is 0 Å². The molecule has 180 valence electrons. The second-order valence-electron chi connectivity index (χ2n) is 8.37. The van der Waals surface area contributed by atoms with Crippen LogP contribution in [0.4, 0.5) is 20.2 Å². The van der Waals surface area contributed by atoms with E-state index in [9.17, 15) is 18.4 Å². The third-order valence-corrected chi connectivity index (χ3v) is 6.03. The van der Waals surface area contributed by atoms with Gasteiger partial charge in [-0.25, -0.2) is 8.78 Å². The van der Waals surface area contributed by atoms with Crippen molar-refractivity contribution in [2.45, 2.75) is 39.5 Å². The first kappa shape index (κ1) is 24.2. The summed E-state index contributed by atoms with van der Waals surface area (Å²) in [5, 5.41) is 8.13. The molecule has 1 aliphatic rings. The molecule has 0 aliphatic carbocycles. The number of hydrazone groups is 1. The number of hydrogen-bond acceptors (Lipinski definition) is 4. The van der Waals surface area contributed by atoms with Crippen LogP contribution < -0.4 is 10.3 Å². The number of carbonyl (C=O) groups excluding carboxylic acids is 2. The zero-order valence-corrected chi connectivity index (χ0v) is 19.8. The minimum atomic E-state index is -3.01. The van der Waals surface area contributed by atoms with Gasteiger partial charge in [-0.3, -0.25) is 14.6 Å². The molecule has 1 N–H and O–H groups in total. The SMILES string of the molecule is CCc1cccnc1-c1cccc(N2N=C(C)C(C(=O)Nc3cccc(C(F)(F)CC)c3)C2=O)c1. The Balaban J connectivity index is 1.56. The first-order chi connectivity index (χ1) is 16.7. The molecular weight excluding hydrogens is 450 g/mol. The minimum Gasteiger partial charge on any atom is -0.325 e. The molecule has 6 nitrogen and oxygen atoms in total. The molecule has 3 aromatic rings. The van der Waals surface area contributed by atoms with Crippen molar-refractivity contribution in [1.29, 1.82) is 0 Å². The number of pyridine rings is 1. The van der Waals surface area contributed by atoms with E-state index in [-0.39, 0.29) is 17.7 Å². The van der Waals surface area contributed by atoms with Crippen molar-refractivity contribution in [3.63, 3.8) is 0 Å². The second kappa shape index (κ2) is 9.74. The molecule has 8 heteroatoms. The highest BCUT2D eigenvalue weighted by atomic mass is 19.3. The third-order valence-electron chi connectivity index (χ3n) is 6.03. The van der Waals surface area contributed by atoms with Gasteiger partial charge in [0.05, 0.1) is 17.1 Å². The van der Waals surface area contributed by atoms with Gasteiger partial charge in [-0.05, 0) is 49.2 Å². The molecule has 0 radical (unpaired) electrons. The highest BCUT2D eigenvalue weighted by Crippen LogP contribution is 2.33. The van der Waals surface area contributed by atoms with Gasteiger partial charge in [0.2, 0.25) is 5.91 Å². The van der Waals surface area contributed by atoms with E-state index >= 15 is 0 Å². The lowest BCUT2D eigenvalue weighted by atomic mass is 10.0. The van der Waals surface area contributed by atoms with Crippen LogP contribution in [0.25, 0.3) is 11.3 Å². The summed E-state index contributed by atoms with van der Waals surface area (Å²) in [7, 11) is 0. The molecular formula is C27H26F2N4O2. The summed E-state index contributed by atoms with van der Waals surface area (Å²) in [5.41, 5.74) is 3.57. The Hall–Kier alpha value is -3.94. The average Bonchev–Trinajstić information content (AvgIpc) is 3.17. The quantitative estimate of drug-likeness (QED) is 0.439. The normalized spacial score (nSPS) is 15.8. The number of nitrogens with one attached hydrogen (secondary N) is 1. The molecule has 0 spiro atoms. The van der Waals surface area contributed by atoms with E-state index in [0.717, 1.165) is 23.2 Å². The number of carbonyl (C=O) groups is 2. The van der Waals surface area contributed by atoms with Crippen LogP contribution in [-0.2, 0) is 21.9 Å². The molecule has 0 saturated heterocycles. The summed E-state index contributed by atoms with van der Waals surface area (Å²) in [6.07, 6.45) is 2.17. The number of amides is 2. The molecule has 2 aromatic carbocycles. The molecule has 1 atom stereocenters. The van der Waals surface area contributed by atoms with Gasteiger partial charge in [0.15, 0.2) is 5.92 Å². The van der Waals surface area contributed by atoms with Crippen LogP contribution in [-0.4, -0.2) is 22.5 Å². The summed E-state index contributed by atoms with van der Waals surface area (Å²) >= 11 is 0. The van der Waals surface area contributed by atoms with E-state index in [1.807, 2.05) is 37.3 Å². The Morgan fingerprint density at radius 3 is 2.60 bits per heavy atom. The minimum absolute atomic E-state index is 0.194. The Labute approximate surface area is 202 Å². The monoisotopic (exact) mass is 476 g/mol. The van der Waals surface area contributed by atoms with Crippen LogP contribution >= 0.6 is 0 Å². The van der Waals surface area contributed by atoms with Gasteiger partial charge in [0.25, 0.3) is 11.8 Å². The zero-order valence-electron chi connectivity index (χ0n) is 19.8. The first-order valence-corrected chi connectivity index (χ1v) is 11.5. The third kappa shape index (κ3) is 4.82. The number of halogens is 2. The van der Waals surface area contributed by atoms with E-state index in [4.69, 9.17) is 0 Å². The molecule has 1 aromatic heterocycles. The largest absolute Gasteiger partial charge is 0.325 e. The fourth-order valence-electron chi connectivity index (χ4n) is 4.06. The van der Waals surface area contributed by atoms with Gasteiger partial charge in [-0.2, -0.15) is 10.1 Å². The lowest BCUT2D eigenvalue weighted by molar-refractivity contribution is -0.127. The highest BCUT2D eigenvalue weighted by molar-refractivity contribution is 6.28. The highest BCUT2D eigenvalue weighted by Gasteiger charge is 2.40. The maximum atomic E-state index is 14.1. The van der Waals surface area contributed by atoms with Gasteiger partial charge in [-0.15, -0.1) is 0 Å². The zero-order chi connectivity index (χ0) is 25.2. The topological polar surface area (TPSA) is 74.7 Å². The first-order valence-electron chi connectivity index (χ1n) is 11.5. The van der Waals surface area contributed by atoms with Crippen molar-refractivity contribution >= 4 is 28.9 Å². The Morgan fingerprint density at radius 1 is 1.09 bits per heavy atom. The van der Waals surface area contributed by atoms with Crippen LogP contribution in [0.1, 0.15) is 38.3 Å². The Morgan fingerprint density at radius 2 is 1.86 bits per heavy atom. The van der Waals surface area contributed by atoms with E-state index in [2.05, 4.69) is 15.4 Å². The van der Waals surface area contributed by atoms with Crippen LogP contribution in [0.5, 0.6) is 0 Å². The maximum absolute atomic E-state index is 14.1. The van der Waals surface area contributed by atoms with Crippen LogP contribution in [0.2, 0.25) is 0 Å². The number of anilines is 2. The molecule has 0 fully saturated rings. The van der Waals surface area contributed by atoms with E-state index in [1.165, 1.54) is 36.2 Å². The van der Waals surface area contributed by atoms with Gasteiger partial charge in [0, 0.05) is 29.4 Å². The van der Waals surface area contributed by atoms with E-state index in [0.29, 0.717) is 11.4 Å². The summed E-state index contributed by atoms with van der Waals surface area (Å²) in [6, 6.07) is 16.7. The molecule has 1 unspecified atom stereocenters. The van der Waals surface area contributed by atoms with Crippen LogP contribution in [0, 0.1) is 5.92 Å². The van der Waals surface area contributed by atoms with Crippen LogP contribution in [0.15, 0.2) is 72.0 Å². The molecule has 35 heavy (non-hydrogen) atoms. The number of benzene rings is 2. The van der Waals surface area contributed by atoms with Crippen molar-refractivity contribution in [2.75, 3.05) is 10.3 Å². The van der Waals surface area contributed by atoms with Crippen molar-refractivity contribution in [3.8, 4) is 11.3 Å². The standard InChI is InChI=1S/C27H26F2N4O2/c1-4-18-10-8-14-30-24(18)19-9-6-13-22(15-19)33-26(35)23(17(3)32-33)25(34)31-21-12-7-11-20(16-21)27(28,29)5-2/h6-16,23H,4-5H2,1-3H3,(H,31,34). The number of alkyl halides is 2. The fourth-order valence-corrected chi connectivity index (χ4v) is 4.06. The van der Waals surface area contributed by atoms with Crippen molar-refractivity contribution in [2.24, 2.45) is 11.0 Å². The Bertz CT molecular complexity index is 1310. The predicted molar refractivity (Wildman–Crippen MR) is 132 cm³/mol. The second-order valence-corrected chi connectivity index (χ2v) is 8.37. The number of hydrogen-bond donors (Lipinski definition) is 1. The number of aromatic nitrogens is 1. The molecule has 0 bridgehead atoms. The lowest BCUT2D eigenvalue weighted by Gasteiger charge is -2.17. The molecule has 2 amide bonds. The lowest BCUT2D eigenvalue weighted by Crippen LogP contribution is -2.36. The molecule has 0 saturated carbocycles. The fraction of sp³-hybridized carbons (Fsp3) is 0.259. The van der Waals surface area contributed by atoms with Crippen molar-refractivity contribution in [3.05, 3.63) is 78.0 Å². The van der Waals surface area contributed by atoms with Crippen molar-refractivity contribution in [1.82, 2.24) is 4.98 Å². The van der Waals surface area contributed by atoms with Crippen molar-refractivity contribution < 1.29 is 18.4 Å². The van der Waals surface area contributed by atoms with Gasteiger partial charge in [-0.1, -0.05) is 44.2 Å². The van der Waals surface area contributed by atoms with E-state index in [1.54, 1.807) is 19.2 Å². The van der Waals surface area contributed by atoms with Gasteiger partial charge in [0.1, 0.15) is 0 Å². The number of aryl methyl sites for hydroxylation is 1. The summed E-state index contributed by atoms with van der Waals surface area (Å²) in [4.78, 5) is 30.7.